The average molecular weight is 384 g/mol. The van der Waals surface area contributed by atoms with Crippen LogP contribution in [0.3, 0.4) is 0 Å². The molecule has 140 valence electrons. The zero-order valence-corrected chi connectivity index (χ0v) is 15.4. The summed E-state index contributed by atoms with van der Waals surface area (Å²) in [6.45, 7) is 0.365. The Bertz CT molecular complexity index is 986. The number of rotatable bonds is 8. The number of sulfonamides is 1. The van der Waals surface area contributed by atoms with Crippen molar-refractivity contribution in [2.75, 3.05) is 6.54 Å². The van der Waals surface area contributed by atoms with E-state index in [2.05, 4.69) is 15.1 Å². The minimum absolute atomic E-state index is 0.0341. The largest absolute Gasteiger partial charge is 0.352 e. The molecule has 0 saturated carbocycles. The van der Waals surface area contributed by atoms with Crippen molar-refractivity contribution in [3.05, 3.63) is 78.6 Å². The van der Waals surface area contributed by atoms with Gasteiger partial charge in [-0.1, -0.05) is 36.4 Å². The van der Waals surface area contributed by atoms with Gasteiger partial charge in [0.05, 0.1) is 16.8 Å². The molecule has 0 radical (unpaired) electrons. The van der Waals surface area contributed by atoms with E-state index in [0.29, 0.717) is 6.54 Å². The summed E-state index contributed by atoms with van der Waals surface area (Å²) in [6.07, 6.45) is 3.58. The lowest BCUT2D eigenvalue weighted by molar-refractivity contribution is -0.121. The number of benzene rings is 2. The third kappa shape index (κ3) is 5.25. The van der Waals surface area contributed by atoms with Gasteiger partial charge in [0.1, 0.15) is 0 Å². The Labute approximate surface area is 158 Å². The fraction of sp³-hybridized carbons (Fsp3) is 0.158. The first kappa shape index (κ1) is 18.8. The van der Waals surface area contributed by atoms with Crippen molar-refractivity contribution in [2.45, 2.75) is 17.9 Å². The topological polar surface area (TPSA) is 93.1 Å². The Morgan fingerprint density at radius 1 is 1.00 bits per heavy atom. The summed E-state index contributed by atoms with van der Waals surface area (Å²) in [7, 11) is -3.59. The van der Waals surface area contributed by atoms with Gasteiger partial charge < -0.3 is 5.32 Å². The Kier molecular flexibility index (Phi) is 6.00. The quantitative estimate of drug-likeness (QED) is 0.620. The molecule has 1 heterocycles. The van der Waals surface area contributed by atoms with E-state index in [9.17, 15) is 13.2 Å². The number of nitrogens with one attached hydrogen (secondary N) is 2. The van der Waals surface area contributed by atoms with Gasteiger partial charge in [-0.25, -0.2) is 17.8 Å². The van der Waals surface area contributed by atoms with E-state index < -0.39 is 10.0 Å². The highest BCUT2D eigenvalue weighted by Gasteiger charge is 2.13. The van der Waals surface area contributed by atoms with Crippen LogP contribution in [0.4, 0.5) is 0 Å². The number of aromatic nitrogens is 2. The van der Waals surface area contributed by atoms with Crippen molar-refractivity contribution in [1.29, 1.82) is 0 Å². The van der Waals surface area contributed by atoms with Gasteiger partial charge in [0.25, 0.3) is 0 Å². The molecule has 8 heteroatoms. The molecule has 0 saturated heterocycles. The van der Waals surface area contributed by atoms with Crippen LogP contribution in [-0.2, 0) is 21.4 Å². The maximum atomic E-state index is 12.1. The molecule has 3 aromatic rings. The van der Waals surface area contributed by atoms with Gasteiger partial charge in [0.2, 0.25) is 15.9 Å². The first-order valence-corrected chi connectivity index (χ1v) is 9.93. The molecule has 0 fully saturated rings. The highest BCUT2D eigenvalue weighted by Crippen LogP contribution is 2.08. The van der Waals surface area contributed by atoms with Crippen molar-refractivity contribution >= 4 is 15.9 Å². The molecule has 0 bridgehead atoms. The summed E-state index contributed by atoms with van der Waals surface area (Å²) in [5, 5.41) is 7.03. The highest BCUT2D eigenvalue weighted by molar-refractivity contribution is 7.89. The van der Waals surface area contributed by atoms with Crippen molar-refractivity contribution in [3.63, 3.8) is 0 Å². The number of carbonyl (C=O) groups excluding carboxylic acids is 1. The molecule has 0 aliphatic rings. The summed E-state index contributed by atoms with van der Waals surface area (Å²) in [5.74, 6) is -0.238. The standard InChI is InChI=1S/C19H20N4O3S/c24-19(11-12-22-27(25,26)18-9-5-2-6-10-18)20-13-16-14-21-23(15-16)17-7-3-1-4-8-17/h1-10,14-15,22H,11-13H2,(H,20,24). The molecule has 0 unspecified atom stereocenters. The number of para-hydroxylation sites is 1. The molecule has 7 nitrogen and oxygen atoms in total. The van der Waals surface area contributed by atoms with Gasteiger partial charge in [0.15, 0.2) is 0 Å². The van der Waals surface area contributed by atoms with E-state index in [4.69, 9.17) is 0 Å². The number of carbonyl (C=O) groups is 1. The van der Waals surface area contributed by atoms with Crippen molar-refractivity contribution in [1.82, 2.24) is 19.8 Å². The van der Waals surface area contributed by atoms with Crippen LogP contribution in [0, 0.1) is 0 Å². The molecule has 2 aromatic carbocycles. The predicted octanol–water partition coefficient (Wildman–Crippen LogP) is 1.86. The molecule has 0 atom stereocenters. The van der Waals surface area contributed by atoms with E-state index in [1.165, 1.54) is 12.1 Å². The third-order valence-corrected chi connectivity index (χ3v) is 5.32. The molecule has 0 aliphatic carbocycles. The van der Waals surface area contributed by atoms with Gasteiger partial charge >= 0.3 is 0 Å². The summed E-state index contributed by atoms with van der Waals surface area (Å²) >= 11 is 0. The van der Waals surface area contributed by atoms with Gasteiger partial charge in [-0.2, -0.15) is 5.10 Å². The molecule has 1 amide bonds. The fourth-order valence-electron chi connectivity index (χ4n) is 2.44. The zero-order valence-electron chi connectivity index (χ0n) is 14.6. The van der Waals surface area contributed by atoms with Crippen molar-refractivity contribution < 1.29 is 13.2 Å². The van der Waals surface area contributed by atoms with Crippen LogP contribution in [0.1, 0.15) is 12.0 Å². The van der Waals surface area contributed by atoms with Gasteiger partial charge in [-0.3, -0.25) is 4.79 Å². The van der Waals surface area contributed by atoms with Crippen LogP contribution in [0.15, 0.2) is 78.0 Å². The number of nitrogens with zero attached hydrogens (tertiary/aromatic N) is 2. The molecular weight excluding hydrogens is 364 g/mol. The minimum atomic E-state index is -3.59. The van der Waals surface area contributed by atoms with Crippen LogP contribution in [0.2, 0.25) is 0 Å². The Morgan fingerprint density at radius 2 is 1.67 bits per heavy atom. The van der Waals surface area contributed by atoms with E-state index in [1.54, 1.807) is 29.1 Å². The summed E-state index contributed by atoms with van der Waals surface area (Å²) in [4.78, 5) is 12.1. The van der Waals surface area contributed by atoms with E-state index in [-0.39, 0.29) is 23.8 Å². The average Bonchev–Trinajstić information content (AvgIpc) is 3.17. The van der Waals surface area contributed by atoms with Crippen molar-refractivity contribution in [3.8, 4) is 5.69 Å². The Hall–Kier alpha value is -2.97. The zero-order chi connectivity index (χ0) is 19.1. The van der Waals surface area contributed by atoms with Crippen LogP contribution in [-0.4, -0.2) is 30.7 Å². The molecular formula is C19H20N4O3S. The first-order chi connectivity index (χ1) is 13.0. The maximum Gasteiger partial charge on any atom is 0.240 e. The summed E-state index contributed by atoms with van der Waals surface area (Å²) in [5.41, 5.74) is 1.79. The second kappa shape index (κ2) is 8.61. The van der Waals surface area contributed by atoms with Gasteiger partial charge in [-0.05, 0) is 24.3 Å². The van der Waals surface area contributed by atoms with Crippen molar-refractivity contribution in [2.24, 2.45) is 0 Å². The van der Waals surface area contributed by atoms with E-state index in [1.807, 2.05) is 36.5 Å². The minimum Gasteiger partial charge on any atom is -0.352 e. The first-order valence-electron chi connectivity index (χ1n) is 8.45. The van der Waals surface area contributed by atoms with Gasteiger partial charge in [0, 0.05) is 31.3 Å². The lowest BCUT2D eigenvalue weighted by Crippen LogP contribution is -2.30. The fourth-order valence-corrected chi connectivity index (χ4v) is 3.50. The molecule has 3 rings (SSSR count). The van der Waals surface area contributed by atoms with Crippen LogP contribution < -0.4 is 10.0 Å². The summed E-state index contributed by atoms with van der Waals surface area (Å²) < 4.78 is 28.3. The molecule has 2 N–H and O–H groups in total. The highest BCUT2D eigenvalue weighted by atomic mass is 32.2. The van der Waals surface area contributed by atoms with E-state index in [0.717, 1.165) is 11.3 Å². The second-order valence-corrected chi connectivity index (χ2v) is 7.63. The monoisotopic (exact) mass is 384 g/mol. The Morgan fingerprint density at radius 3 is 2.37 bits per heavy atom. The predicted molar refractivity (Wildman–Crippen MR) is 102 cm³/mol. The second-order valence-electron chi connectivity index (χ2n) is 5.87. The van der Waals surface area contributed by atoms with Gasteiger partial charge in [-0.15, -0.1) is 0 Å². The molecule has 27 heavy (non-hydrogen) atoms. The molecule has 1 aromatic heterocycles. The molecule has 0 spiro atoms. The van der Waals surface area contributed by atoms with Crippen LogP contribution >= 0.6 is 0 Å². The van der Waals surface area contributed by atoms with Crippen LogP contribution in [0.5, 0.6) is 0 Å². The number of amides is 1. The number of hydrogen-bond donors (Lipinski definition) is 2. The normalized spacial score (nSPS) is 11.3. The SMILES string of the molecule is O=C(CCNS(=O)(=O)c1ccccc1)NCc1cnn(-c2ccccc2)c1. The van der Waals surface area contributed by atoms with E-state index >= 15 is 0 Å². The number of hydrogen-bond acceptors (Lipinski definition) is 4. The smallest absolute Gasteiger partial charge is 0.240 e. The summed E-state index contributed by atoms with van der Waals surface area (Å²) in [6, 6.07) is 17.7. The Balaban J connectivity index is 1.45. The maximum absolute atomic E-state index is 12.1. The lowest BCUT2D eigenvalue weighted by atomic mass is 10.3. The molecule has 0 aliphatic heterocycles. The third-order valence-electron chi connectivity index (χ3n) is 3.84. The lowest BCUT2D eigenvalue weighted by Gasteiger charge is -2.07. The van der Waals surface area contributed by atoms with Crippen LogP contribution in [0.25, 0.3) is 5.69 Å².